The Labute approximate surface area is 179 Å². The number of carbonyl (C=O) groups is 2. The van der Waals surface area contributed by atoms with Crippen LogP contribution in [-0.4, -0.2) is 34.6 Å². The van der Waals surface area contributed by atoms with Crippen LogP contribution in [0.25, 0.3) is 0 Å². The highest BCUT2D eigenvalue weighted by Gasteiger charge is 2.26. The van der Waals surface area contributed by atoms with Crippen LogP contribution < -0.4 is 5.32 Å². The van der Waals surface area contributed by atoms with E-state index in [9.17, 15) is 9.59 Å². The summed E-state index contributed by atoms with van der Waals surface area (Å²) in [4.78, 5) is 27.4. The predicted molar refractivity (Wildman–Crippen MR) is 122 cm³/mol. The average molecular weight is 413 g/mol. The molecular formula is C24H32N2O2S. The van der Waals surface area contributed by atoms with Gasteiger partial charge in [-0.25, -0.2) is 0 Å². The molecule has 4 nitrogen and oxygen atoms in total. The summed E-state index contributed by atoms with van der Waals surface area (Å²) in [6.45, 7) is 8.29. The standard InChI is InChI=1S/C24H32N2O2S/c1-5-19(3)25-24(28)20(4)26(15-22-13-9-10-18(2)14-22)23(27)17-29-16-21-11-7-6-8-12-21/h6-14,19-20H,5,15-17H2,1-4H3,(H,25,28)/t19-,20-/m1/s1. The SMILES string of the molecule is CC[C@@H](C)NC(=O)[C@@H](C)N(Cc1cccc(C)c1)C(=O)CSCc1ccccc1. The minimum Gasteiger partial charge on any atom is -0.352 e. The molecule has 0 heterocycles. The van der Waals surface area contributed by atoms with Crippen molar-refractivity contribution in [2.24, 2.45) is 0 Å². The lowest BCUT2D eigenvalue weighted by atomic mass is 10.1. The second kappa shape index (κ2) is 11.7. The molecule has 0 saturated carbocycles. The van der Waals surface area contributed by atoms with E-state index in [1.54, 1.807) is 16.7 Å². The Morgan fingerprint density at radius 3 is 2.38 bits per heavy atom. The molecule has 0 radical (unpaired) electrons. The highest BCUT2D eigenvalue weighted by Crippen LogP contribution is 2.16. The highest BCUT2D eigenvalue weighted by atomic mass is 32.2. The van der Waals surface area contributed by atoms with E-state index in [0.717, 1.165) is 23.3 Å². The Balaban J connectivity index is 2.07. The Hall–Kier alpha value is -2.27. The molecule has 0 fully saturated rings. The Morgan fingerprint density at radius 1 is 1.03 bits per heavy atom. The number of nitrogens with zero attached hydrogens (tertiary/aromatic N) is 1. The predicted octanol–water partition coefficient (Wildman–Crippen LogP) is 4.56. The van der Waals surface area contributed by atoms with Crippen LogP contribution in [0.1, 0.15) is 43.9 Å². The maximum Gasteiger partial charge on any atom is 0.242 e. The van der Waals surface area contributed by atoms with Gasteiger partial charge in [0.05, 0.1) is 5.75 Å². The molecule has 1 N–H and O–H groups in total. The maximum absolute atomic E-state index is 13.0. The number of amides is 2. The van der Waals surface area contributed by atoms with Gasteiger partial charge in [-0.05, 0) is 38.3 Å². The van der Waals surface area contributed by atoms with Crippen LogP contribution in [0.2, 0.25) is 0 Å². The fraction of sp³-hybridized carbons (Fsp3) is 0.417. The highest BCUT2D eigenvalue weighted by molar-refractivity contribution is 7.99. The first-order valence-electron chi connectivity index (χ1n) is 10.2. The zero-order valence-corrected chi connectivity index (χ0v) is 18.7. The van der Waals surface area contributed by atoms with Crippen molar-refractivity contribution >= 4 is 23.6 Å². The minimum atomic E-state index is -0.519. The van der Waals surface area contributed by atoms with E-state index in [0.29, 0.717) is 12.3 Å². The van der Waals surface area contributed by atoms with E-state index in [1.165, 1.54) is 5.56 Å². The van der Waals surface area contributed by atoms with Crippen molar-refractivity contribution in [3.8, 4) is 0 Å². The monoisotopic (exact) mass is 412 g/mol. The van der Waals surface area contributed by atoms with E-state index >= 15 is 0 Å². The van der Waals surface area contributed by atoms with Gasteiger partial charge in [0.15, 0.2) is 0 Å². The van der Waals surface area contributed by atoms with Crippen molar-refractivity contribution in [1.29, 1.82) is 0 Å². The van der Waals surface area contributed by atoms with Crippen molar-refractivity contribution in [2.45, 2.75) is 58.5 Å². The number of benzene rings is 2. The van der Waals surface area contributed by atoms with Gasteiger partial charge >= 0.3 is 0 Å². The molecule has 0 unspecified atom stereocenters. The summed E-state index contributed by atoms with van der Waals surface area (Å²) in [5.74, 6) is 1.01. The summed E-state index contributed by atoms with van der Waals surface area (Å²) in [6, 6.07) is 17.8. The van der Waals surface area contributed by atoms with Crippen LogP contribution >= 0.6 is 11.8 Å². The first-order valence-corrected chi connectivity index (χ1v) is 11.3. The number of thioether (sulfide) groups is 1. The fourth-order valence-corrected chi connectivity index (χ4v) is 3.84. The molecule has 29 heavy (non-hydrogen) atoms. The summed E-state index contributed by atoms with van der Waals surface area (Å²) >= 11 is 1.58. The van der Waals surface area contributed by atoms with Crippen LogP contribution in [0.5, 0.6) is 0 Å². The van der Waals surface area contributed by atoms with Crippen LogP contribution in [0.3, 0.4) is 0 Å². The average Bonchev–Trinajstić information content (AvgIpc) is 2.72. The van der Waals surface area contributed by atoms with Crippen LogP contribution in [0.15, 0.2) is 54.6 Å². The zero-order valence-electron chi connectivity index (χ0n) is 17.9. The summed E-state index contributed by atoms with van der Waals surface area (Å²) in [5, 5.41) is 3.00. The first kappa shape index (κ1) is 23.0. The summed E-state index contributed by atoms with van der Waals surface area (Å²) in [5.41, 5.74) is 3.37. The number of rotatable bonds is 10. The summed E-state index contributed by atoms with van der Waals surface area (Å²) < 4.78 is 0. The second-order valence-corrected chi connectivity index (χ2v) is 8.47. The van der Waals surface area contributed by atoms with Gasteiger partial charge in [0.2, 0.25) is 11.8 Å². The van der Waals surface area contributed by atoms with E-state index in [4.69, 9.17) is 0 Å². The molecule has 2 aromatic rings. The topological polar surface area (TPSA) is 49.4 Å². The van der Waals surface area contributed by atoms with Gasteiger partial charge in [-0.2, -0.15) is 0 Å². The Bertz CT molecular complexity index is 794. The van der Waals surface area contributed by atoms with Crippen LogP contribution in [0.4, 0.5) is 0 Å². The zero-order chi connectivity index (χ0) is 21.2. The second-order valence-electron chi connectivity index (χ2n) is 7.48. The molecule has 2 amide bonds. The molecule has 0 aliphatic carbocycles. The molecule has 0 aromatic heterocycles. The molecule has 0 aliphatic rings. The molecule has 0 aliphatic heterocycles. The van der Waals surface area contributed by atoms with E-state index in [2.05, 4.69) is 23.5 Å². The molecule has 156 valence electrons. The Kier molecular flexibility index (Phi) is 9.26. The van der Waals surface area contributed by atoms with Gasteiger partial charge < -0.3 is 10.2 Å². The lowest BCUT2D eigenvalue weighted by Crippen LogP contribution is -2.50. The van der Waals surface area contributed by atoms with Crippen molar-refractivity contribution in [3.05, 3.63) is 71.3 Å². The van der Waals surface area contributed by atoms with E-state index < -0.39 is 6.04 Å². The van der Waals surface area contributed by atoms with Gasteiger partial charge in [0, 0.05) is 18.3 Å². The number of carbonyl (C=O) groups excluding carboxylic acids is 2. The lowest BCUT2D eigenvalue weighted by molar-refractivity contribution is -0.138. The Morgan fingerprint density at radius 2 is 1.72 bits per heavy atom. The number of hydrogen-bond acceptors (Lipinski definition) is 3. The van der Waals surface area contributed by atoms with Gasteiger partial charge in [0.25, 0.3) is 0 Å². The number of nitrogens with one attached hydrogen (secondary N) is 1. The van der Waals surface area contributed by atoms with Gasteiger partial charge in [0.1, 0.15) is 6.04 Å². The largest absolute Gasteiger partial charge is 0.352 e. The summed E-state index contributed by atoms with van der Waals surface area (Å²) in [7, 11) is 0. The molecule has 0 saturated heterocycles. The molecule has 0 spiro atoms. The summed E-state index contributed by atoms with van der Waals surface area (Å²) in [6.07, 6.45) is 0.858. The third kappa shape index (κ3) is 7.58. The number of hydrogen-bond donors (Lipinski definition) is 1. The molecular weight excluding hydrogens is 380 g/mol. The fourth-order valence-electron chi connectivity index (χ4n) is 2.97. The van der Waals surface area contributed by atoms with E-state index in [-0.39, 0.29) is 17.9 Å². The molecule has 2 rings (SSSR count). The van der Waals surface area contributed by atoms with Crippen molar-refractivity contribution < 1.29 is 9.59 Å². The third-order valence-electron chi connectivity index (χ3n) is 4.94. The van der Waals surface area contributed by atoms with Gasteiger partial charge in [-0.3, -0.25) is 9.59 Å². The van der Waals surface area contributed by atoms with Crippen LogP contribution in [0, 0.1) is 6.92 Å². The van der Waals surface area contributed by atoms with Crippen molar-refractivity contribution in [2.75, 3.05) is 5.75 Å². The lowest BCUT2D eigenvalue weighted by Gasteiger charge is -2.29. The quantitative estimate of drug-likeness (QED) is 0.622. The molecule has 2 aromatic carbocycles. The van der Waals surface area contributed by atoms with E-state index in [1.807, 2.05) is 64.1 Å². The minimum absolute atomic E-state index is 0.0146. The number of aryl methyl sites for hydroxylation is 1. The van der Waals surface area contributed by atoms with Gasteiger partial charge in [-0.1, -0.05) is 67.1 Å². The van der Waals surface area contributed by atoms with Crippen molar-refractivity contribution in [1.82, 2.24) is 10.2 Å². The third-order valence-corrected chi connectivity index (χ3v) is 5.93. The van der Waals surface area contributed by atoms with Crippen molar-refractivity contribution in [3.63, 3.8) is 0 Å². The first-order chi connectivity index (χ1) is 13.9. The molecule has 0 bridgehead atoms. The smallest absolute Gasteiger partial charge is 0.242 e. The molecule has 5 heteroatoms. The van der Waals surface area contributed by atoms with Crippen LogP contribution in [-0.2, 0) is 21.9 Å². The van der Waals surface area contributed by atoms with Gasteiger partial charge in [-0.15, -0.1) is 11.8 Å². The molecule has 2 atom stereocenters. The maximum atomic E-state index is 13.0. The normalized spacial score (nSPS) is 12.8.